The molecule has 1 aromatic heterocycles. The van der Waals surface area contributed by atoms with Crippen LogP contribution in [0.15, 0.2) is 12.3 Å². The Morgan fingerprint density at radius 1 is 1.61 bits per heavy atom. The number of pyridine rings is 1. The van der Waals surface area contributed by atoms with Gasteiger partial charge in [0.15, 0.2) is 0 Å². The fourth-order valence-electron chi connectivity index (χ4n) is 2.39. The predicted octanol–water partition coefficient (Wildman–Crippen LogP) is 1.93. The molecule has 0 radical (unpaired) electrons. The lowest BCUT2D eigenvalue weighted by atomic mass is 10.0. The van der Waals surface area contributed by atoms with E-state index in [4.69, 9.17) is 11.6 Å². The molecule has 0 saturated heterocycles. The molecule has 1 heterocycles. The average molecular weight is 269 g/mol. The number of aliphatic hydroxyl groups is 1. The zero-order valence-electron chi connectivity index (χ0n) is 10.3. The van der Waals surface area contributed by atoms with Gasteiger partial charge in [0.2, 0.25) is 0 Å². The van der Waals surface area contributed by atoms with Crippen molar-refractivity contribution < 1.29 is 9.90 Å². The average Bonchev–Trinajstić information content (AvgIpc) is 2.76. The van der Waals surface area contributed by atoms with Gasteiger partial charge >= 0.3 is 0 Å². The van der Waals surface area contributed by atoms with Crippen molar-refractivity contribution in [2.45, 2.75) is 32.2 Å². The van der Waals surface area contributed by atoms with Gasteiger partial charge in [-0.1, -0.05) is 18.0 Å². The summed E-state index contributed by atoms with van der Waals surface area (Å²) in [6.45, 7) is 1.94. The molecule has 0 aliphatic heterocycles. The number of aliphatic hydroxyl groups excluding tert-OH is 1. The molecule has 2 atom stereocenters. The molecule has 1 fully saturated rings. The van der Waals surface area contributed by atoms with Crippen LogP contribution < -0.4 is 5.32 Å². The van der Waals surface area contributed by atoms with Gasteiger partial charge in [-0.3, -0.25) is 9.78 Å². The number of aromatic nitrogens is 1. The highest BCUT2D eigenvalue weighted by molar-refractivity contribution is 6.33. The largest absolute Gasteiger partial charge is 0.396 e. The van der Waals surface area contributed by atoms with Gasteiger partial charge in [-0.05, 0) is 25.8 Å². The highest BCUT2D eigenvalue weighted by Gasteiger charge is 2.28. The molecule has 1 aliphatic rings. The van der Waals surface area contributed by atoms with Crippen LogP contribution in [0.3, 0.4) is 0 Å². The van der Waals surface area contributed by atoms with Gasteiger partial charge in [0.1, 0.15) is 0 Å². The molecule has 1 saturated carbocycles. The van der Waals surface area contributed by atoms with E-state index in [2.05, 4.69) is 10.3 Å². The van der Waals surface area contributed by atoms with E-state index in [-0.39, 0.29) is 24.5 Å². The number of nitrogens with zero attached hydrogens (tertiary/aromatic N) is 1. The predicted molar refractivity (Wildman–Crippen MR) is 69.7 cm³/mol. The molecule has 98 valence electrons. The number of nitrogens with one attached hydrogen (secondary N) is 1. The molecular formula is C13H17ClN2O2. The molecule has 1 amide bonds. The van der Waals surface area contributed by atoms with Gasteiger partial charge in [-0.2, -0.15) is 0 Å². The molecular weight excluding hydrogens is 252 g/mol. The summed E-state index contributed by atoms with van der Waals surface area (Å²) in [5.74, 6) is -0.0519. The van der Waals surface area contributed by atoms with E-state index in [0.717, 1.165) is 25.0 Å². The van der Waals surface area contributed by atoms with E-state index in [0.29, 0.717) is 10.6 Å². The Morgan fingerprint density at radius 3 is 3.06 bits per heavy atom. The zero-order chi connectivity index (χ0) is 13.1. The number of carbonyl (C=O) groups excluding carboxylic acids is 1. The Labute approximate surface area is 111 Å². The molecule has 4 nitrogen and oxygen atoms in total. The van der Waals surface area contributed by atoms with Crippen LogP contribution in [0.25, 0.3) is 0 Å². The van der Waals surface area contributed by atoms with E-state index in [1.165, 1.54) is 6.20 Å². The number of hydrogen-bond acceptors (Lipinski definition) is 3. The highest BCUT2D eigenvalue weighted by atomic mass is 35.5. The first kappa shape index (κ1) is 13.3. The lowest BCUT2D eigenvalue weighted by Gasteiger charge is -2.19. The third kappa shape index (κ3) is 2.82. The number of rotatable bonds is 3. The first-order valence-electron chi connectivity index (χ1n) is 6.15. The van der Waals surface area contributed by atoms with Crippen molar-refractivity contribution in [2.24, 2.45) is 5.92 Å². The SMILES string of the molecule is Cc1cc(Cl)c(C(=O)NC2CCCC2CO)cn1. The zero-order valence-corrected chi connectivity index (χ0v) is 11.1. The molecule has 1 aromatic rings. The minimum absolute atomic E-state index is 0.0415. The van der Waals surface area contributed by atoms with Gasteiger partial charge in [0.25, 0.3) is 5.91 Å². The third-order valence-electron chi connectivity index (χ3n) is 3.44. The van der Waals surface area contributed by atoms with E-state index < -0.39 is 0 Å². The van der Waals surface area contributed by atoms with Crippen LogP contribution >= 0.6 is 11.6 Å². The lowest BCUT2D eigenvalue weighted by molar-refractivity contribution is 0.0916. The Balaban J connectivity index is 2.07. The Hall–Kier alpha value is -1.13. The maximum absolute atomic E-state index is 12.1. The summed E-state index contributed by atoms with van der Waals surface area (Å²) < 4.78 is 0. The van der Waals surface area contributed by atoms with Gasteiger partial charge in [-0.15, -0.1) is 0 Å². The maximum atomic E-state index is 12.1. The number of carbonyl (C=O) groups is 1. The van der Waals surface area contributed by atoms with Crippen molar-refractivity contribution in [3.8, 4) is 0 Å². The van der Waals surface area contributed by atoms with E-state index in [9.17, 15) is 9.90 Å². The monoisotopic (exact) mass is 268 g/mol. The number of aryl methyl sites for hydroxylation is 1. The van der Waals surface area contributed by atoms with Crippen molar-refractivity contribution in [3.63, 3.8) is 0 Å². The summed E-state index contributed by atoms with van der Waals surface area (Å²) in [6.07, 6.45) is 4.40. The Bertz CT molecular complexity index is 451. The van der Waals surface area contributed by atoms with Crippen LogP contribution in [0.5, 0.6) is 0 Å². The molecule has 2 unspecified atom stereocenters. The topological polar surface area (TPSA) is 62.2 Å². The summed E-state index contributed by atoms with van der Waals surface area (Å²) >= 11 is 6.03. The van der Waals surface area contributed by atoms with Gasteiger partial charge < -0.3 is 10.4 Å². The Morgan fingerprint density at radius 2 is 2.39 bits per heavy atom. The third-order valence-corrected chi connectivity index (χ3v) is 3.76. The van der Waals surface area contributed by atoms with E-state index in [1.54, 1.807) is 6.07 Å². The number of amides is 1. The molecule has 0 bridgehead atoms. The quantitative estimate of drug-likeness (QED) is 0.881. The van der Waals surface area contributed by atoms with Crippen molar-refractivity contribution >= 4 is 17.5 Å². The van der Waals surface area contributed by atoms with Crippen LogP contribution in [0.1, 0.15) is 35.3 Å². The molecule has 18 heavy (non-hydrogen) atoms. The van der Waals surface area contributed by atoms with Crippen molar-refractivity contribution in [2.75, 3.05) is 6.61 Å². The minimum atomic E-state index is -0.210. The van der Waals surface area contributed by atoms with E-state index >= 15 is 0 Å². The molecule has 5 heteroatoms. The first-order valence-corrected chi connectivity index (χ1v) is 6.53. The summed E-state index contributed by atoms with van der Waals surface area (Å²) in [7, 11) is 0. The smallest absolute Gasteiger partial charge is 0.254 e. The fourth-order valence-corrected chi connectivity index (χ4v) is 2.68. The summed E-state index contributed by atoms with van der Waals surface area (Å²) in [4.78, 5) is 16.2. The van der Waals surface area contributed by atoms with Crippen molar-refractivity contribution in [1.29, 1.82) is 0 Å². The second-order valence-corrected chi connectivity index (χ2v) is 5.17. The normalized spacial score (nSPS) is 23.1. The maximum Gasteiger partial charge on any atom is 0.254 e. The van der Waals surface area contributed by atoms with Crippen LogP contribution in [0.2, 0.25) is 5.02 Å². The van der Waals surface area contributed by atoms with Crippen LogP contribution in [-0.4, -0.2) is 28.6 Å². The van der Waals surface area contributed by atoms with Crippen molar-refractivity contribution in [1.82, 2.24) is 10.3 Å². The minimum Gasteiger partial charge on any atom is -0.396 e. The van der Waals surface area contributed by atoms with Gasteiger partial charge in [-0.25, -0.2) is 0 Å². The summed E-state index contributed by atoms with van der Waals surface area (Å²) in [5, 5.41) is 12.6. The second-order valence-electron chi connectivity index (χ2n) is 4.76. The van der Waals surface area contributed by atoms with Crippen LogP contribution in [-0.2, 0) is 0 Å². The number of halogens is 1. The highest BCUT2D eigenvalue weighted by Crippen LogP contribution is 2.26. The van der Waals surface area contributed by atoms with Gasteiger partial charge in [0.05, 0.1) is 10.6 Å². The summed E-state index contributed by atoms with van der Waals surface area (Å²) in [5.41, 5.74) is 1.18. The lowest BCUT2D eigenvalue weighted by Crippen LogP contribution is -2.38. The van der Waals surface area contributed by atoms with Crippen LogP contribution in [0, 0.1) is 12.8 Å². The standard InChI is InChI=1S/C13H17ClN2O2/c1-8-5-11(14)10(6-15-8)13(18)16-12-4-2-3-9(12)7-17/h5-6,9,12,17H,2-4,7H2,1H3,(H,16,18). The molecule has 2 N–H and O–H groups in total. The molecule has 2 rings (SSSR count). The molecule has 1 aliphatic carbocycles. The molecule has 0 spiro atoms. The molecule has 0 aromatic carbocycles. The van der Waals surface area contributed by atoms with E-state index in [1.807, 2.05) is 6.92 Å². The summed E-state index contributed by atoms with van der Waals surface area (Å²) in [6, 6.07) is 1.72. The van der Waals surface area contributed by atoms with Crippen molar-refractivity contribution in [3.05, 3.63) is 28.5 Å². The van der Waals surface area contributed by atoms with Crippen LogP contribution in [0.4, 0.5) is 0 Å². The van der Waals surface area contributed by atoms with Gasteiger partial charge in [0, 0.05) is 30.5 Å². The second kappa shape index (κ2) is 5.67. The first-order chi connectivity index (χ1) is 8.61. The fraction of sp³-hybridized carbons (Fsp3) is 0.538. The Kier molecular flexibility index (Phi) is 4.19. The number of hydrogen-bond donors (Lipinski definition) is 2.